The first-order valence-corrected chi connectivity index (χ1v) is 8.49. The molecule has 0 aliphatic heterocycles. The molecular formula is C18H20CoN2O2S2. The summed E-state index contributed by atoms with van der Waals surface area (Å²) in [5.41, 5.74) is 3.95. The number of amides is 2. The standard InChI is InChI=1S/2C9H11NOS.Co/c2*1-7-2-4-8(5-3-7)10-9(11)6-12;/h2*2-5,12H,6H2,1H3,(H,10,11);/q;;+2/p-2. The largest absolute Gasteiger partial charge is 2.00 e. The molecule has 0 fully saturated rings. The van der Waals surface area contributed by atoms with E-state index in [1.54, 1.807) is 0 Å². The molecule has 2 N–H and O–H groups in total. The molecule has 25 heavy (non-hydrogen) atoms. The number of carbonyl (C=O) groups is 2. The maximum absolute atomic E-state index is 10.9. The molecule has 0 spiro atoms. The van der Waals surface area contributed by atoms with Gasteiger partial charge in [0.05, 0.1) is 0 Å². The van der Waals surface area contributed by atoms with Gasteiger partial charge in [-0.25, -0.2) is 0 Å². The average molecular weight is 419 g/mol. The van der Waals surface area contributed by atoms with Crippen molar-refractivity contribution < 1.29 is 26.4 Å². The summed E-state index contributed by atoms with van der Waals surface area (Å²) in [5.74, 6) is -0.0513. The molecule has 0 aromatic heterocycles. The number of benzene rings is 2. The zero-order chi connectivity index (χ0) is 17.9. The summed E-state index contributed by atoms with van der Waals surface area (Å²) < 4.78 is 0. The second kappa shape index (κ2) is 12.9. The van der Waals surface area contributed by atoms with E-state index in [4.69, 9.17) is 0 Å². The fourth-order valence-electron chi connectivity index (χ4n) is 1.67. The zero-order valence-electron chi connectivity index (χ0n) is 14.0. The molecule has 2 rings (SSSR count). The third-order valence-electron chi connectivity index (χ3n) is 2.93. The minimum Gasteiger partial charge on any atom is -0.783 e. The van der Waals surface area contributed by atoms with Crippen molar-refractivity contribution in [1.82, 2.24) is 0 Å². The van der Waals surface area contributed by atoms with E-state index in [9.17, 15) is 9.59 Å². The number of hydrogen-bond acceptors (Lipinski definition) is 4. The fraction of sp³-hybridized carbons (Fsp3) is 0.222. The van der Waals surface area contributed by atoms with Crippen LogP contribution in [0.3, 0.4) is 0 Å². The van der Waals surface area contributed by atoms with Gasteiger partial charge in [-0.05, 0) is 38.1 Å². The van der Waals surface area contributed by atoms with Gasteiger partial charge in [-0.2, -0.15) is 0 Å². The Bertz CT molecular complexity index is 602. The first-order valence-electron chi connectivity index (χ1n) is 7.34. The smallest absolute Gasteiger partial charge is 0.783 e. The van der Waals surface area contributed by atoms with Crippen LogP contribution in [0.1, 0.15) is 11.1 Å². The van der Waals surface area contributed by atoms with E-state index in [0.717, 1.165) is 11.4 Å². The van der Waals surface area contributed by atoms with E-state index in [2.05, 4.69) is 35.9 Å². The van der Waals surface area contributed by atoms with Gasteiger partial charge < -0.3 is 35.9 Å². The van der Waals surface area contributed by atoms with Gasteiger partial charge in [0.2, 0.25) is 0 Å². The molecule has 1 radical (unpaired) electrons. The molecule has 0 bridgehead atoms. The molecule has 0 aliphatic carbocycles. The van der Waals surface area contributed by atoms with E-state index in [1.165, 1.54) is 11.1 Å². The van der Waals surface area contributed by atoms with Gasteiger partial charge in [0, 0.05) is 11.4 Å². The number of aryl methyl sites for hydroxylation is 2. The summed E-state index contributed by atoms with van der Waals surface area (Å²) >= 11 is 9.18. The molecule has 7 heteroatoms. The van der Waals surface area contributed by atoms with E-state index < -0.39 is 0 Å². The molecular weight excluding hydrogens is 399 g/mol. The van der Waals surface area contributed by atoms with Crippen LogP contribution in [0.4, 0.5) is 11.4 Å². The van der Waals surface area contributed by atoms with Crippen molar-refractivity contribution in [2.45, 2.75) is 13.8 Å². The molecule has 0 atom stereocenters. The number of nitrogens with one attached hydrogen (secondary N) is 2. The number of rotatable bonds is 4. The summed E-state index contributed by atoms with van der Waals surface area (Å²) in [5, 5.41) is 5.35. The predicted molar refractivity (Wildman–Crippen MR) is 104 cm³/mol. The van der Waals surface area contributed by atoms with Crippen LogP contribution >= 0.6 is 0 Å². The molecule has 0 unspecified atom stereocenters. The van der Waals surface area contributed by atoms with Crippen molar-refractivity contribution in [1.29, 1.82) is 0 Å². The molecule has 2 aromatic carbocycles. The molecule has 135 valence electrons. The van der Waals surface area contributed by atoms with Crippen molar-refractivity contribution >= 4 is 48.4 Å². The van der Waals surface area contributed by atoms with Crippen LogP contribution in [0.2, 0.25) is 0 Å². The molecule has 0 saturated heterocycles. The van der Waals surface area contributed by atoms with Gasteiger partial charge in [0.15, 0.2) is 11.8 Å². The van der Waals surface area contributed by atoms with Crippen LogP contribution in [0.5, 0.6) is 0 Å². The number of anilines is 2. The Morgan fingerprint density at radius 3 is 1.24 bits per heavy atom. The van der Waals surface area contributed by atoms with Gasteiger partial charge in [-0.1, -0.05) is 46.9 Å². The normalized spacial score (nSPS) is 9.12. The molecule has 4 nitrogen and oxygen atoms in total. The quantitative estimate of drug-likeness (QED) is 0.749. The van der Waals surface area contributed by atoms with Crippen molar-refractivity contribution in [3.05, 3.63) is 59.7 Å². The van der Waals surface area contributed by atoms with Gasteiger partial charge in [-0.15, -0.1) is 0 Å². The van der Waals surface area contributed by atoms with Crippen molar-refractivity contribution in [3.8, 4) is 0 Å². The maximum atomic E-state index is 10.9. The van der Waals surface area contributed by atoms with E-state index in [-0.39, 0.29) is 40.1 Å². The van der Waals surface area contributed by atoms with E-state index in [1.807, 2.05) is 62.4 Å². The summed E-state index contributed by atoms with van der Waals surface area (Å²) in [6, 6.07) is 15.2. The van der Waals surface area contributed by atoms with Crippen molar-refractivity contribution in [2.75, 3.05) is 22.1 Å². The third-order valence-corrected chi connectivity index (χ3v) is 3.46. The van der Waals surface area contributed by atoms with Crippen LogP contribution in [0.25, 0.3) is 0 Å². The molecule has 0 aliphatic rings. The number of hydrogen-bond donors (Lipinski definition) is 2. The van der Waals surface area contributed by atoms with Crippen molar-refractivity contribution in [3.63, 3.8) is 0 Å². The molecule has 2 aromatic rings. The van der Waals surface area contributed by atoms with Gasteiger partial charge in [-0.3, -0.25) is 9.59 Å². The molecule has 0 saturated carbocycles. The van der Waals surface area contributed by atoms with Crippen LogP contribution in [0, 0.1) is 13.8 Å². The topological polar surface area (TPSA) is 58.2 Å². The van der Waals surface area contributed by atoms with Crippen LogP contribution < -0.4 is 10.6 Å². The first kappa shape index (κ1) is 23.6. The molecule has 0 heterocycles. The minimum atomic E-state index is -0.131. The first-order chi connectivity index (χ1) is 11.4. The molecule has 2 amide bonds. The monoisotopic (exact) mass is 419 g/mol. The van der Waals surface area contributed by atoms with Crippen LogP contribution in [-0.2, 0) is 51.6 Å². The third kappa shape index (κ3) is 10.2. The second-order valence-corrected chi connectivity index (χ2v) is 5.69. The van der Waals surface area contributed by atoms with Gasteiger partial charge >= 0.3 is 16.8 Å². The SMILES string of the molecule is Cc1ccc(NC(=O)C[S-])cc1.Cc1ccc(NC(=O)C[S-])cc1.[Co+2]. The van der Waals surface area contributed by atoms with Gasteiger partial charge in [0.1, 0.15) is 0 Å². The Labute approximate surface area is 170 Å². The van der Waals surface area contributed by atoms with E-state index in [0.29, 0.717) is 0 Å². The summed E-state index contributed by atoms with van der Waals surface area (Å²) in [6.45, 7) is 4.00. The zero-order valence-corrected chi connectivity index (χ0v) is 16.7. The Hall–Kier alpha value is -1.41. The number of carbonyl (C=O) groups excluding carboxylic acids is 2. The summed E-state index contributed by atoms with van der Waals surface area (Å²) in [4.78, 5) is 21.7. The summed E-state index contributed by atoms with van der Waals surface area (Å²) in [6.07, 6.45) is 0. The van der Waals surface area contributed by atoms with Crippen LogP contribution in [-0.4, -0.2) is 23.3 Å². The maximum Gasteiger partial charge on any atom is 2.00 e. The van der Waals surface area contributed by atoms with Crippen molar-refractivity contribution in [2.24, 2.45) is 0 Å². The minimum absolute atomic E-state index is 0. The Morgan fingerprint density at radius 1 is 0.720 bits per heavy atom. The summed E-state index contributed by atoms with van der Waals surface area (Å²) in [7, 11) is 0. The second-order valence-electron chi connectivity index (χ2n) is 5.12. The Kier molecular flexibility index (Phi) is 12.2. The van der Waals surface area contributed by atoms with Gasteiger partial charge in [0.25, 0.3) is 0 Å². The Balaban J connectivity index is 0.000000443. The van der Waals surface area contributed by atoms with E-state index >= 15 is 0 Å². The van der Waals surface area contributed by atoms with Crippen LogP contribution in [0.15, 0.2) is 48.5 Å². The predicted octanol–water partition coefficient (Wildman–Crippen LogP) is 2.96. The Morgan fingerprint density at radius 2 is 1.00 bits per heavy atom. The average Bonchev–Trinajstić information content (AvgIpc) is 2.59. The fourth-order valence-corrected chi connectivity index (χ4v) is 1.81.